The van der Waals surface area contributed by atoms with Gasteiger partial charge in [0, 0.05) is 42.2 Å². The maximum Gasteiger partial charge on any atom is 0.256 e. The van der Waals surface area contributed by atoms with Gasteiger partial charge in [0.1, 0.15) is 5.82 Å². The van der Waals surface area contributed by atoms with Crippen LogP contribution in [0.15, 0.2) is 34.2 Å². The summed E-state index contributed by atoms with van der Waals surface area (Å²) in [7, 11) is 0. The maximum atomic E-state index is 13.8. The van der Waals surface area contributed by atoms with Gasteiger partial charge in [0.15, 0.2) is 5.13 Å². The Morgan fingerprint density at radius 1 is 1.29 bits per heavy atom. The summed E-state index contributed by atoms with van der Waals surface area (Å²) in [4.78, 5) is 20.5. The van der Waals surface area contributed by atoms with Crippen LogP contribution < -0.4 is 4.90 Å². The number of carbonyl (C=O) groups excluding carboxylic acids is 1. The van der Waals surface area contributed by atoms with Gasteiger partial charge < -0.3 is 9.80 Å². The third kappa shape index (κ3) is 3.08. The summed E-state index contributed by atoms with van der Waals surface area (Å²) in [5.41, 5.74) is 0.118. The lowest BCUT2D eigenvalue weighted by Gasteiger charge is -2.34. The summed E-state index contributed by atoms with van der Waals surface area (Å²) in [5.74, 6) is -0.738. The van der Waals surface area contributed by atoms with Crippen LogP contribution in [0.3, 0.4) is 0 Å². The second-order valence-corrected chi connectivity index (χ2v) is 6.51. The molecule has 1 aliphatic heterocycles. The zero-order valence-electron chi connectivity index (χ0n) is 11.1. The van der Waals surface area contributed by atoms with Crippen molar-refractivity contribution in [2.45, 2.75) is 0 Å². The van der Waals surface area contributed by atoms with Gasteiger partial charge in [-0.05, 0) is 18.2 Å². The molecule has 21 heavy (non-hydrogen) atoms. The highest BCUT2D eigenvalue weighted by Gasteiger charge is 2.25. The fourth-order valence-corrected chi connectivity index (χ4v) is 3.36. The van der Waals surface area contributed by atoms with Gasteiger partial charge in [-0.25, -0.2) is 9.37 Å². The molecule has 2 heterocycles. The van der Waals surface area contributed by atoms with Crippen molar-refractivity contribution in [3.8, 4) is 0 Å². The molecule has 0 atom stereocenters. The van der Waals surface area contributed by atoms with E-state index in [4.69, 9.17) is 0 Å². The van der Waals surface area contributed by atoms with Crippen molar-refractivity contribution < 1.29 is 9.18 Å². The Hall–Kier alpha value is -1.47. The molecular formula is C14H13BrFN3OS. The molecule has 1 aromatic heterocycles. The molecule has 0 N–H and O–H groups in total. The van der Waals surface area contributed by atoms with E-state index in [0.29, 0.717) is 17.6 Å². The lowest BCUT2D eigenvalue weighted by molar-refractivity contribution is 0.0742. The number of hydrogen-bond acceptors (Lipinski definition) is 4. The minimum Gasteiger partial charge on any atom is -0.345 e. The third-order valence-electron chi connectivity index (χ3n) is 3.42. The summed E-state index contributed by atoms with van der Waals surface area (Å²) in [6, 6.07) is 4.43. The minimum absolute atomic E-state index is 0.118. The molecule has 1 aromatic carbocycles. The first-order valence-electron chi connectivity index (χ1n) is 6.54. The number of piperazine rings is 1. The summed E-state index contributed by atoms with van der Waals surface area (Å²) >= 11 is 4.86. The molecule has 2 aromatic rings. The average Bonchev–Trinajstić information content (AvgIpc) is 3.03. The van der Waals surface area contributed by atoms with Crippen molar-refractivity contribution in [2.75, 3.05) is 31.1 Å². The van der Waals surface area contributed by atoms with Crippen molar-refractivity contribution in [3.63, 3.8) is 0 Å². The Kier molecular flexibility index (Phi) is 4.21. The number of halogens is 2. The first-order valence-corrected chi connectivity index (χ1v) is 8.21. The van der Waals surface area contributed by atoms with E-state index in [1.807, 2.05) is 5.38 Å². The van der Waals surface area contributed by atoms with Gasteiger partial charge in [-0.3, -0.25) is 4.79 Å². The van der Waals surface area contributed by atoms with E-state index in [-0.39, 0.29) is 11.5 Å². The molecule has 0 unspecified atom stereocenters. The zero-order chi connectivity index (χ0) is 14.8. The molecule has 0 bridgehead atoms. The standard InChI is InChI=1S/C14H13BrFN3OS/c15-10-1-2-12(16)11(9-10)13(20)18-4-6-19(7-5-18)14-17-3-8-21-14/h1-3,8-9H,4-7H2. The van der Waals surface area contributed by atoms with Crippen LogP contribution in [-0.2, 0) is 0 Å². The van der Waals surface area contributed by atoms with Gasteiger partial charge in [0.05, 0.1) is 5.56 Å². The number of hydrogen-bond donors (Lipinski definition) is 0. The van der Waals surface area contributed by atoms with Gasteiger partial charge in [0.25, 0.3) is 5.91 Å². The molecule has 3 rings (SSSR count). The lowest BCUT2D eigenvalue weighted by Crippen LogP contribution is -2.49. The SMILES string of the molecule is O=C(c1cc(Br)ccc1F)N1CCN(c2nccs2)CC1. The number of carbonyl (C=O) groups is 1. The average molecular weight is 370 g/mol. The van der Waals surface area contributed by atoms with Gasteiger partial charge in [-0.15, -0.1) is 11.3 Å². The van der Waals surface area contributed by atoms with Crippen LogP contribution in [0.1, 0.15) is 10.4 Å². The van der Waals surface area contributed by atoms with Gasteiger partial charge in [-0.2, -0.15) is 0 Å². The number of benzene rings is 1. The fourth-order valence-electron chi connectivity index (χ4n) is 2.30. The lowest BCUT2D eigenvalue weighted by atomic mass is 10.1. The predicted molar refractivity (Wildman–Crippen MR) is 84.3 cm³/mol. The number of thiazole rings is 1. The summed E-state index contributed by atoms with van der Waals surface area (Å²) < 4.78 is 14.5. The van der Waals surface area contributed by atoms with E-state index in [0.717, 1.165) is 18.2 Å². The Bertz CT molecular complexity index is 642. The highest BCUT2D eigenvalue weighted by molar-refractivity contribution is 9.10. The van der Waals surface area contributed by atoms with E-state index in [9.17, 15) is 9.18 Å². The number of rotatable bonds is 2. The molecule has 1 fully saturated rings. The molecule has 0 spiro atoms. The van der Waals surface area contributed by atoms with Crippen LogP contribution >= 0.6 is 27.3 Å². The zero-order valence-corrected chi connectivity index (χ0v) is 13.5. The highest BCUT2D eigenvalue weighted by Crippen LogP contribution is 2.21. The van der Waals surface area contributed by atoms with E-state index in [1.54, 1.807) is 28.5 Å². The maximum absolute atomic E-state index is 13.8. The minimum atomic E-state index is -0.481. The van der Waals surface area contributed by atoms with E-state index < -0.39 is 5.82 Å². The number of amides is 1. The number of nitrogens with zero attached hydrogens (tertiary/aromatic N) is 3. The van der Waals surface area contributed by atoms with Crippen LogP contribution in [0, 0.1) is 5.82 Å². The Labute approximate surface area is 134 Å². The number of anilines is 1. The van der Waals surface area contributed by atoms with Crippen molar-refractivity contribution in [2.24, 2.45) is 0 Å². The normalized spacial score (nSPS) is 15.3. The summed E-state index contributed by atoms with van der Waals surface area (Å²) in [6.07, 6.45) is 1.77. The predicted octanol–water partition coefficient (Wildman–Crippen LogP) is 3.01. The van der Waals surface area contributed by atoms with Gasteiger partial charge >= 0.3 is 0 Å². The Morgan fingerprint density at radius 3 is 2.71 bits per heavy atom. The highest BCUT2D eigenvalue weighted by atomic mass is 79.9. The molecule has 1 amide bonds. The van der Waals surface area contributed by atoms with Crippen molar-refractivity contribution >= 4 is 38.3 Å². The largest absolute Gasteiger partial charge is 0.345 e. The molecule has 0 saturated carbocycles. The Balaban J connectivity index is 1.69. The van der Waals surface area contributed by atoms with Gasteiger partial charge in [0.2, 0.25) is 0 Å². The van der Waals surface area contributed by atoms with E-state index in [1.165, 1.54) is 12.1 Å². The van der Waals surface area contributed by atoms with Crippen LogP contribution in [0.25, 0.3) is 0 Å². The van der Waals surface area contributed by atoms with Crippen molar-refractivity contribution in [1.82, 2.24) is 9.88 Å². The smallest absolute Gasteiger partial charge is 0.256 e. The molecule has 0 radical (unpaired) electrons. The van der Waals surface area contributed by atoms with Crippen molar-refractivity contribution in [1.29, 1.82) is 0 Å². The molecule has 0 aliphatic carbocycles. The molecular weight excluding hydrogens is 357 g/mol. The number of aromatic nitrogens is 1. The van der Waals surface area contributed by atoms with Crippen LogP contribution in [-0.4, -0.2) is 42.0 Å². The summed E-state index contributed by atoms with van der Waals surface area (Å²) in [5, 5.41) is 2.90. The van der Waals surface area contributed by atoms with E-state index in [2.05, 4.69) is 25.8 Å². The van der Waals surface area contributed by atoms with Crippen molar-refractivity contribution in [3.05, 3.63) is 45.6 Å². The molecule has 4 nitrogen and oxygen atoms in total. The molecule has 110 valence electrons. The summed E-state index contributed by atoms with van der Waals surface area (Å²) in [6.45, 7) is 2.58. The second kappa shape index (κ2) is 6.11. The van der Waals surface area contributed by atoms with E-state index >= 15 is 0 Å². The molecule has 7 heteroatoms. The second-order valence-electron chi connectivity index (χ2n) is 4.72. The third-order valence-corrected chi connectivity index (χ3v) is 4.74. The Morgan fingerprint density at radius 2 is 2.05 bits per heavy atom. The van der Waals surface area contributed by atoms with Crippen LogP contribution in [0.4, 0.5) is 9.52 Å². The quantitative estimate of drug-likeness (QED) is 0.816. The first kappa shape index (κ1) is 14.5. The molecule has 1 saturated heterocycles. The fraction of sp³-hybridized carbons (Fsp3) is 0.286. The topological polar surface area (TPSA) is 36.4 Å². The monoisotopic (exact) mass is 369 g/mol. The van der Waals surface area contributed by atoms with Crippen LogP contribution in [0.2, 0.25) is 0 Å². The van der Waals surface area contributed by atoms with Crippen LogP contribution in [0.5, 0.6) is 0 Å². The molecule has 1 aliphatic rings. The van der Waals surface area contributed by atoms with Gasteiger partial charge in [-0.1, -0.05) is 15.9 Å². The first-order chi connectivity index (χ1) is 10.1.